The Kier molecular flexibility index (Phi) is 7.49. The van der Waals surface area contributed by atoms with E-state index in [9.17, 15) is 10.1 Å². The molecular weight excluding hydrogens is 457 g/mol. The molecule has 0 fully saturated rings. The molecule has 0 aliphatic rings. The van der Waals surface area contributed by atoms with Crippen LogP contribution >= 0.6 is 22.6 Å². The molecule has 0 bridgehead atoms. The van der Waals surface area contributed by atoms with E-state index in [1.165, 1.54) is 6.20 Å². The van der Waals surface area contributed by atoms with Crippen molar-refractivity contribution >= 4 is 34.2 Å². The summed E-state index contributed by atoms with van der Waals surface area (Å²) in [7, 11) is 3.12. The predicted octanol–water partition coefficient (Wildman–Crippen LogP) is 4.01. The van der Waals surface area contributed by atoms with Gasteiger partial charge in [-0.3, -0.25) is 4.79 Å². The number of anilines is 1. The van der Waals surface area contributed by atoms with Crippen LogP contribution in [0.1, 0.15) is 18.5 Å². The highest BCUT2D eigenvalue weighted by molar-refractivity contribution is 14.1. The molecule has 1 unspecified atom stereocenters. The van der Waals surface area contributed by atoms with Crippen molar-refractivity contribution in [2.45, 2.75) is 13.0 Å². The van der Waals surface area contributed by atoms with Gasteiger partial charge < -0.3 is 20.1 Å². The van der Waals surface area contributed by atoms with Crippen LogP contribution in [0.2, 0.25) is 0 Å². The molecule has 6 nitrogen and oxygen atoms in total. The molecule has 2 rings (SSSR count). The third kappa shape index (κ3) is 5.62. The zero-order chi connectivity index (χ0) is 19.8. The number of benzene rings is 2. The van der Waals surface area contributed by atoms with Crippen molar-refractivity contribution in [3.63, 3.8) is 0 Å². The highest BCUT2D eigenvalue weighted by Crippen LogP contribution is 2.29. The molecule has 0 radical (unpaired) electrons. The maximum absolute atomic E-state index is 12.4. The number of nitrogens with one attached hydrogen (secondary N) is 2. The normalized spacial score (nSPS) is 11.9. The maximum Gasteiger partial charge on any atom is 0.263 e. The van der Waals surface area contributed by atoms with Crippen molar-refractivity contribution in [1.29, 1.82) is 5.26 Å². The number of carbonyl (C=O) groups excluding carboxylic acids is 1. The summed E-state index contributed by atoms with van der Waals surface area (Å²) in [6.07, 6.45) is 1.40. The van der Waals surface area contributed by atoms with Crippen LogP contribution in [0.5, 0.6) is 11.5 Å². The van der Waals surface area contributed by atoms with Crippen LogP contribution in [0.3, 0.4) is 0 Å². The van der Waals surface area contributed by atoms with Crippen LogP contribution in [-0.4, -0.2) is 20.1 Å². The van der Waals surface area contributed by atoms with E-state index < -0.39 is 5.91 Å². The SMILES string of the molecule is COc1ccc(C(C)NC(=O)/C(C#N)=C\Nc2ccc(I)cc2)cc1OC. The molecule has 0 saturated heterocycles. The maximum atomic E-state index is 12.4. The Balaban J connectivity index is 2.08. The molecular formula is C20H20IN3O3. The van der Waals surface area contributed by atoms with Gasteiger partial charge in [0.2, 0.25) is 0 Å². The zero-order valence-electron chi connectivity index (χ0n) is 15.2. The van der Waals surface area contributed by atoms with Crippen molar-refractivity contribution in [3.05, 3.63) is 63.4 Å². The lowest BCUT2D eigenvalue weighted by atomic mass is 10.1. The number of amides is 1. The summed E-state index contributed by atoms with van der Waals surface area (Å²) in [4.78, 5) is 12.4. The summed E-state index contributed by atoms with van der Waals surface area (Å²) in [5.41, 5.74) is 1.62. The number of carbonyl (C=O) groups is 1. The van der Waals surface area contributed by atoms with Gasteiger partial charge in [-0.25, -0.2) is 0 Å². The molecule has 0 aliphatic carbocycles. The number of nitrogens with zero attached hydrogens (tertiary/aromatic N) is 1. The van der Waals surface area contributed by atoms with Gasteiger partial charge in [0.15, 0.2) is 11.5 Å². The molecule has 7 heteroatoms. The zero-order valence-corrected chi connectivity index (χ0v) is 17.4. The third-order valence-electron chi connectivity index (χ3n) is 3.85. The van der Waals surface area contributed by atoms with E-state index in [-0.39, 0.29) is 11.6 Å². The van der Waals surface area contributed by atoms with Crippen LogP contribution < -0.4 is 20.1 Å². The summed E-state index contributed by atoms with van der Waals surface area (Å²) in [6, 6.07) is 14.6. The van der Waals surface area contributed by atoms with E-state index in [4.69, 9.17) is 9.47 Å². The van der Waals surface area contributed by atoms with Crippen molar-refractivity contribution in [2.75, 3.05) is 19.5 Å². The van der Waals surface area contributed by atoms with Crippen molar-refractivity contribution in [2.24, 2.45) is 0 Å². The summed E-state index contributed by atoms with van der Waals surface area (Å²) in [6.45, 7) is 1.83. The van der Waals surface area contributed by atoms with Gasteiger partial charge >= 0.3 is 0 Å². The van der Waals surface area contributed by atoms with Crippen molar-refractivity contribution < 1.29 is 14.3 Å². The number of ether oxygens (including phenoxy) is 2. The largest absolute Gasteiger partial charge is 0.493 e. The van der Waals surface area contributed by atoms with E-state index in [0.29, 0.717) is 11.5 Å². The Morgan fingerprint density at radius 3 is 2.41 bits per heavy atom. The fraction of sp³-hybridized carbons (Fsp3) is 0.200. The van der Waals surface area contributed by atoms with E-state index in [1.807, 2.05) is 43.3 Å². The van der Waals surface area contributed by atoms with Crippen LogP contribution in [0.25, 0.3) is 0 Å². The Morgan fingerprint density at radius 2 is 1.81 bits per heavy atom. The molecule has 27 heavy (non-hydrogen) atoms. The number of halogens is 1. The van der Waals surface area contributed by atoms with E-state index in [1.54, 1.807) is 26.4 Å². The van der Waals surface area contributed by atoms with Crippen LogP contribution in [0.15, 0.2) is 54.2 Å². The summed E-state index contributed by atoms with van der Waals surface area (Å²) >= 11 is 2.21. The minimum atomic E-state index is -0.460. The standard InChI is InChI=1S/C20H20IN3O3/c1-13(14-4-9-18(26-2)19(10-14)27-3)24-20(25)15(11-22)12-23-17-7-5-16(21)6-8-17/h4-10,12-13,23H,1-3H3,(H,24,25)/b15-12-. The molecule has 2 aromatic rings. The van der Waals surface area contributed by atoms with Gasteiger partial charge in [0.05, 0.1) is 20.3 Å². The smallest absolute Gasteiger partial charge is 0.263 e. The third-order valence-corrected chi connectivity index (χ3v) is 4.57. The number of rotatable bonds is 7. The van der Waals surface area contributed by atoms with Crippen molar-refractivity contribution in [1.82, 2.24) is 5.32 Å². The second kappa shape index (κ2) is 9.83. The summed E-state index contributed by atoms with van der Waals surface area (Å²) < 4.78 is 11.6. The first-order valence-corrected chi connectivity index (χ1v) is 9.21. The molecule has 1 amide bonds. The highest BCUT2D eigenvalue weighted by Gasteiger charge is 2.15. The Bertz CT molecular complexity index is 873. The lowest BCUT2D eigenvalue weighted by Crippen LogP contribution is -2.28. The van der Waals surface area contributed by atoms with E-state index in [2.05, 4.69) is 33.2 Å². The monoisotopic (exact) mass is 477 g/mol. The van der Waals surface area contributed by atoms with Gasteiger partial charge in [-0.1, -0.05) is 6.07 Å². The highest BCUT2D eigenvalue weighted by atomic mass is 127. The van der Waals surface area contributed by atoms with Gasteiger partial charge in [0.25, 0.3) is 5.91 Å². The molecule has 2 aromatic carbocycles. The first-order valence-electron chi connectivity index (χ1n) is 8.13. The summed E-state index contributed by atoms with van der Waals surface area (Å²) in [5, 5.41) is 15.1. The number of methoxy groups -OCH3 is 2. The molecule has 1 atom stereocenters. The fourth-order valence-corrected chi connectivity index (χ4v) is 2.69. The average Bonchev–Trinajstić information content (AvgIpc) is 2.69. The average molecular weight is 477 g/mol. The fourth-order valence-electron chi connectivity index (χ4n) is 2.33. The molecule has 0 aromatic heterocycles. The van der Waals surface area contributed by atoms with E-state index >= 15 is 0 Å². The second-order valence-corrected chi connectivity index (χ2v) is 6.88. The first kappa shape index (κ1) is 20.6. The predicted molar refractivity (Wildman–Crippen MR) is 113 cm³/mol. The van der Waals surface area contributed by atoms with E-state index in [0.717, 1.165) is 14.8 Å². The van der Waals surface area contributed by atoms with Gasteiger partial charge in [0.1, 0.15) is 11.6 Å². The molecule has 140 valence electrons. The number of hydrogen-bond donors (Lipinski definition) is 2. The quantitative estimate of drug-likeness (QED) is 0.358. The van der Waals surface area contributed by atoms with Crippen LogP contribution in [0.4, 0.5) is 5.69 Å². The lowest BCUT2D eigenvalue weighted by Gasteiger charge is -2.16. The van der Waals surface area contributed by atoms with Gasteiger partial charge in [-0.2, -0.15) is 5.26 Å². The second-order valence-electron chi connectivity index (χ2n) is 5.63. The van der Waals surface area contributed by atoms with Crippen LogP contribution in [0, 0.1) is 14.9 Å². The van der Waals surface area contributed by atoms with Gasteiger partial charge in [-0.15, -0.1) is 0 Å². The Hall–Kier alpha value is -2.73. The van der Waals surface area contributed by atoms with Gasteiger partial charge in [0, 0.05) is 15.5 Å². The minimum absolute atomic E-state index is 0.0131. The van der Waals surface area contributed by atoms with Gasteiger partial charge in [-0.05, 0) is 71.5 Å². The molecule has 0 aliphatic heterocycles. The lowest BCUT2D eigenvalue weighted by molar-refractivity contribution is -0.117. The Labute approximate surface area is 172 Å². The molecule has 0 spiro atoms. The molecule has 2 N–H and O–H groups in total. The topological polar surface area (TPSA) is 83.4 Å². The summed E-state index contributed by atoms with van der Waals surface area (Å²) in [5.74, 6) is 0.726. The van der Waals surface area contributed by atoms with Crippen molar-refractivity contribution in [3.8, 4) is 17.6 Å². The molecule has 0 heterocycles. The molecule has 0 saturated carbocycles. The Morgan fingerprint density at radius 1 is 1.15 bits per heavy atom. The first-order chi connectivity index (χ1) is 13.0. The van der Waals surface area contributed by atoms with Crippen LogP contribution in [-0.2, 0) is 4.79 Å². The number of hydrogen-bond acceptors (Lipinski definition) is 5. The number of nitriles is 1. The minimum Gasteiger partial charge on any atom is -0.493 e.